The van der Waals surface area contributed by atoms with E-state index in [0.29, 0.717) is 6.54 Å². The highest BCUT2D eigenvalue weighted by atomic mass is 16.3. The van der Waals surface area contributed by atoms with Crippen molar-refractivity contribution in [1.29, 1.82) is 0 Å². The van der Waals surface area contributed by atoms with Gasteiger partial charge in [0.1, 0.15) is 0 Å². The van der Waals surface area contributed by atoms with E-state index in [9.17, 15) is 14.7 Å². The summed E-state index contributed by atoms with van der Waals surface area (Å²) in [5.74, 6) is -0.955. The lowest BCUT2D eigenvalue weighted by atomic mass is 9.86. The SMILES string of the molecule is CC(C)(C)[C@@H](CO)N1CC(C(N)=O)CC1=O. The van der Waals surface area contributed by atoms with Gasteiger partial charge in [-0.1, -0.05) is 20.8 Å². The third-order valence-corrected chi connectivity index (χ3v) is 3.11. The Morgan fingerprint density at radius 1 is 1.62 bits per heavy atom. The average molecular weight is 228 g/mol. The van der Waals surface area contributed by atoms with Gasteiger partial charge in [0.15, 0.2) is 0 Å². The Balaban J connectivity index is 2.81. The fourth-order valence-electron chi connectivity index (χ4n) is 2.06. The van der Waals surface area contributed by atoms with E-state index in [1.807, 2.05) is 20.8 Å². The van der Waals surface area contributed by atoms with Gasteiger partial charge in [0.05, 0.1) is 18.6 Å². The first-order valence-electron chi connectivity index (χ1n) is 5.47. The van der Waals surface area contributed by atoms with Gasteiger partial charge in [-0.25, -0.2) is 0 Å². The molecule has 0 spiro atoms. The van der Waals surface area contributed by atoms with E-state index in [-0.39, 0.29) is 30.4 Å². The molecule has 2 amide bonds. The van der Waals surface area contributed by atoms with E-state index in [4.69, 9.17) is 5.73 Å². The summed E-state index contributed by atoms with van der Waals surface area (Å²) in [6.07, 6.45) is 0.169. The number of primary amides is 1. The summed E-state index contributed by atoms with van der Waals surface area (Å²) in [6.45, 7) is 6.10. The molecule has 0 aromatic rings. The number of rotatable bonds is 3. The largest absolute Gasteiger partial charge is 0.394 e. The van der Waals surface area contributed by atoms with Crippen LogP contribution in [0.5, 0.6) is 0 Å². The van der Waals surface area contributed by atoms with E-state index in [2.05, 4.69) is 0 Å². The molecule has 1 fully saturated rings. The molecular formula is C11H20N2O3. The number of nitrogens with two attached hydrogens (primary N) is 1. The van der Waals surface area contributed by atoms with E-state index < -0.39 is 11.8 Å². The summed E-state index contributed by atoms with van der Waals surface area (Å²) >= 11 is 0. The Hall–Kier alpha value is -1.10. The summed E-state index contributed by atoms with van der Waals surface area (Å²) < 4.78 is 0. The standard InChI is InChI=1S/C11H20N2O3/c1-11(2,3)8(6-14)13-5-7(10(12)16)4-9(13)15/h7-8,14H,4-6H2,1-3H3,(H2,12,16)/t7?,8-/m1/s1. The number of hydrogen-bond acceptors (Lipinski definition) is 3. The van der Waals surface area contributed by atoms with Gasteiger partial charge >= 0.3 is 0 Å². The lowest BCUT2D eigenvalue weighted by molar-refractivity contribution is -0.133. The molecule has 1 aliphatic heterocycles. The molecule has 0 aromatic carbocycles. The fourth-order valence-corrected chi connectivity index (χ4v) is 2.06. The molecule has 92 valence electrons. The highest BCUT2D eigenvalue weighted by molar-refractivity contribution is 5.88. The Morgan fingerprint density at radius 3 is 2.50 bits per heavy atom. The van der Waals surface area contributed by atoms with Gasteiger partial charge in [-0.15, -0.1) is 0 Å². The summed E-state index contributed by atoms with van der Waals surface area (Å²) in [6, 6.07) is -0.260. The van der Waals surface area contributed by atoms with Gasteiger partial charge < -0.3 is 15.7 Å². The minimum atomic E-state index is -0.443. The highest BCUT2D eigenvalue weighted by Gasteiger charge is 2.40. The third kappa shape index (κ3) is 2.52. The number of carbonyl (C=O) groups is 2. The van der Waals surface area contributed by atoms with Crippen molar-refractivity contribution in [3.63, 3.8) is 0 Å². The summed E-state index contributed by atoms with van der Waals surface area (Å²) in [4.78, 5) is 24.4. The van der Waals surface area contributed by atoms with E-state index >= 15 is 0 Å². The second-order valence-corrected chi connectivity index (χ2v) is 5.41. The van der Waals surface area contributed by atoms with Gasteiger partial charge in [-0.2, -0.15) is 0 Å². The first-order chi connectivity index (χ1) is 7.27. The molecule has 2 atom stereocenters. The van der Waals surface area contributed by atoms with Crippen LogP contribution in [0.25, 0.3) is 0 Å². The Morgan fingerprint density at radius 2 is 2.19 bits per heavy atom. The van der Waals surface area contributed by atoms with Gasteiger partial charge in [0.25, 0.3) is 0 Å². The minimum absolute atomic E-state index is 0.0965. The topological polar surface area (TPSA) is 83.6 Å². The molecule has 0 aliphatic carbocycles. The molecule has 5 heteroatoms. The molecule has 1 unspecified atom stereocenters. The molecule has 1 heterocycles. The molecule has 0 aromatic heterocycles. The van der Waals surface area contributed by atoms with Gasteiger partial charge in [0, 0.05) is 13.0 Å². The molecule has 1 saturated heterocycles. The first-order valence-corrected chi connectivity index (χ1v) is 5.47. The fraction of sp³-hybridized carbons (Fsp3) is 0.818. The van der Waals surface area contributed by atoms with Crippen molar-refractivity contribution in [3.8, 4) is 0 Å². The van der Waals surface area contributed by atoms with Gasteiger partial charge in [-0.05, 0) is 5.41 Å². The first kappa shape index (κ1) is 13.0. The predicted octanol–water partition coefficient (Wildman–Crippen LogP) is -0.273. The van der Waals surface area contributed by atoms with Crippen LogP contribution in [0.4, 0.5) is 0 Å². The molecule has 3 N–H and O–H groups in total. The number of likely N-dealkylation sites (tertiary alicyclic amines) is 1. The van der Waals surface area contributed by atoms with Crippen molar-refractivity contribution in [2.75, 3.05) is 13.2 Å². The lowest BCUT2D eigenvalue weighted by Crippen LogP contribution is -2.47. The second kappa shape index (κ2) is 4.41. The highest BCUT2D eigenvalue weighted by Crippen LogP contribution is 2.29. The van der Waals surface area contributed by atoms with Crippen LogP contribution in [0.2, 0.25) is 0 Å². The zero-order valence-corrected chi connectivity index (χ0v) is 10.1. The van der Waals surface area contributed by atoms with Crippen LogP contribution in [-0.4, -0.2) is 41.0 Å². The third-order valence-electron chi connectivity index (χ3n) is 3.11. The number of nitrogens with zero attached hydrogens (tertiary/aromatic N) is 1. The zero-order valence-electron chi connectivity index (χ0n) is 10.1. The lowest BCUT2D eigenvalue weighted by Gasteiger charge is -2.36. The van der Waals surface area contributed by atoms with Crippen LogP contribution < -0.4 is 5.73 Å². The Bertz CT molecular complexity index is 296. The quantitative estimate of drug-likeness (QED) is 0.697. The normalized spacial score (nSPS) is 23.6. The van der Waals surface area contributed by atoms with Crippen molar-refractivity contribution in [2.24, 2.45) is 17.1 Å². The Kier molecular flexibility index (Phi) is 3.57. The molecule has 0 bridgehead atoms. The number of aliphatic hydroxyl groups excluding tert-OH is 1. The minimum Gasteiger partial charge on any atom is -0.394 e. The molecule has 1 rings (SSSR count). The van der Waals surface area contributed by atoms with E-state index in [0.717, 1.165) is 0 Å². The maximum atomic E-state index is 11.7. The molecule has 5 nitrogen and oxygen atoms in total. The number of hydrogen-bond donors (Lipinski definition) is 2. The van der Waals surface area contributed by atoms with Crippen LogP contribution >= 0.6 is 0 Å². The average Bonchev–Trinajstić information content (AvgIpc) is 2.47. The van der Waals surface area contributed by atoms with Gasteiger partial charge in [-0.3, -0.25) is 9.59 Å². The van der Waals surface area contributed by atoms with Crippen molar-refractivity contribution in [3.05, 3.63) is 0 Å². The summed E-state index contributed by atoms with van der Waals surface area (Å²) in [5.41, 5.74) is 4.98. The number of carbonyl (C=O) groups excluding carboxylic acids is 2. The maximum Gasteiger partial charge on any atom is 0.223 e. The van der Waals surface area contributed by atoms with Crippen molar-refractivity contribution < 1.29 is 14.7 Å². The van der Waals surface area contributed by atoms with Crippen LogP contribution in [0.15, 0.2) is 0 Å². The molecule has 1 aliphatic rings. The van der Waals surface area contributed by atoms with Crippen molar-refractivity contribution >= 4 is 11.8 Å². The van der Waals surface area contributed by atoms with Crippen LogP contribution in [0.3, 0.4) is 0 Å². The Labute approximate surface area is 95.6 Å². The summed E-state index contributed by atoms with van der Waals surface area (Å²) in [7, 11) is 0. The van der Waals surface area contributed by atoms with Crippen molar-refractivity contribution in [1.82, 2.24) is 4.90 Å². The summed E-state index contributed by atoms with van der Waals surface area (Å²) in [5, 5.41) is 9.35. The molecular weight excluding hydrogens is 208 g/mol. The van der Waals surface area contributed by atoms with Crippen LogP contribution in [-0.2, 0) is 9.59 Å². The number of amides is 2. The molecule has 0 radical (unpaired) electrons. The van der Waals surface area contributed by atoms with Gasteiger partial charge in [0.2, 0.25) is 11.8 Å². The zero-order chi connectivity index (χ0) is 12.5. The number of aliphatic hydroxyl groups is 1. The maximum absolute atomic E-state index is 11.7. The molecule has 0 saturated carbocycles. The van der Waals surface area contributed by atoms with E-state index in [1.54, 1.807) is 4.90 Å². The smallest absolute Gasteiger partial charge is 0.223 e. The predicted molar refractivity (Wildman–Crippen MR) is 59.3 cm³/mol. The van der Waals surface area contributed by atoms with Crippen molar-refractivity contribution in [2.45, 2.75) is 33.2 Å². The van der Waals surface area contributed by atoms with Crippen LogP contribution in [0, 0.1) is 11.3 Å². The van der Waals surface area contributed by atoms with E-state index in [1.165, 1.54) is 0 Å². The monoisotopic (exact) mass is 228 g/mol. The van der Waals surface area contributed by atoms with Crippen LogP contribution in [0.1, 0.15) is 27.2 Å². The molecule has 16 heavy (non-hydrogen) atoms. The second-order valence-electron chi connectivity index (χ2n) is 5.41.